The standard InChI is InChI=1S/C22H29NO5/c1-16(4-5-17-6-10-19(24)11-7-17)23-15-21(25)18-8-12-20(13-9-18)28-14-2-3-22(26)27/h6-13,16,21,23-25H,2-5,14-15H2,1H3,(H,26,27). The smallest absolute Gasteiger partial charge is 0.303 e. The molecule has 4 N–H and O–H groups in total. The maximum Gasteiger partial charge on any atom is 0.303 e. The highest BCUT2D eigenvalue weighted by atomic mass is 16.5. The van der Waals surface area contributed by atoms with Crippen molar-refractivity contribution in [2.75, 3.05) is 13.2 Å². The first kappa shape index (κ1) is 21.7. The highest BCUT2D eigenvalue weighted by Crippen LogP contribution is 2.18. The van der Waals surface area contributed by atoms with Gasteiger partial charge in [-0.25, -0.2) is 0 Å². The van der Waals surface area contributed by atoms with Crippen LogP contribution in [0.5, 0.6) is 11.5 Å². The number of hydrogen-bond acceptors (Lipinski definition) is 5. The summed E-state index contributed by atoms with van der Waals surface area (Å²) >= 11 is 0. The van der Waals surface area contributed by atoms with Gasteiger partial charge in [-0.3, -0.25) is 4.79 Å². The van der Waals surface area contributed by atoms with E-state index in [-0.39, 0.29) is 18.2 Å². The Morgan fingerprint density at radius 2 is 1.79 bits per heavy atom. The molecule has 0 heterocycles. The maximum atomic E-state index is 10.5. The molecule has 152 valence electrons. The summed E-state index contributed by atoms with van der Waals surface area (Å²) in [5.74, 6) is 0.109. The molecule has 0 saturated carbocycles. The molecule has 2 atom stereocenters. The van der Waals surface area contributed by atoms with Crippen LogP contribution in [0.3, 0.4) is 0 Å². The van der Waals surface area contributed by atoms with Gasteiger partial charge in [-0.1, -0.05) is 24.3 Å². The Morgan fingerprint density at radius 1 is 1.11 bits per heavy atom. The lowest BCUT2D eigenvalue weighted by molar-refractivity contribution is -0.137. The monoisotopic (exact) mass is 387 g/mol. The molecule has 0 saturated heterocycles. The average Bonchev–Trinajstić information content (AvgIpc) is 2.69. The molecular weight excluding hydrogens is 358 g/mol. The van der Waals surface area contributed by atoms with Gasteiger partial charge >= 0.3 is 5.97 Å². The van der Waals surface area contributed by atoms with E-state index in [0.29, 0.717) is 25.3 Å². The molecular formula is C22H29NO5. The van der Waals surface area contributed by atoms with E-state index in [1.807, 2.05) is 24.3 Å². The predicted molar refractivity (Wildman–Crippen MR) is 108 cm³/mol. The van der Waals surface area contributed by atoms with Crippen LogP contribution in [-0.2, 0) is 11.2 Å². The number of aliphatic hydroxyl groups excluding tert-OH is 1. The molecule has 28 heavy (non-hydrogen) atoms. The highest BCUT2D eigenvalue weighted by Gasteiger charge is 2.10. The zero-order chi connectivity index (χ0) is 20.4. The van der Waals surface area contributed by atoms with Crippen molar-refractivity contribution in [3.63, 3.8) is 0 Å². The molecule has 6 heteroatoms. The van der Waals surface area contributed by atoms with Gasteiger partial charge in [0.25, 0.3) is 0 Å². The van der Waals surface area contributed by atoms with Crippen LogP contribution in [0.15, 0.2) is 48.5 Å². The third-order valence-corrected chi connectivity index (χ3v) is 4.53. The van der Waals surface area contributed by atoms with Crippen LogP contribution in [0, 0.1) is 0 Å². The average molecular weight is 387 g/mol. The first-order valence-corrected chi connectivity index (χ1v) is 9.58. The van der Waals surface area contributed by atoms with E-state index < -0.39 is 12.1 Å². The number of carboxylic acids is 1. The Balaban J connectivity index is 1.69. The van der Waals surface area contributed by atoms with Crippen LogP contribution < -0.4 is 10.1 Å². The number of phenolic OH excluding ortho intramolecular Hbond substituents is 1. The number of aliphatic hydroxyl groups is 1. The van der Waals surface area contributed by atoms with Crippen molar-refractivity contribution in [1.82, 2.24) is 5.32 Å². The normalized spacial score (nSPS) is 13.1. The van der Waals surface area contributed by atoms with Gasteiger partial charge in [-0.15, -0.1) is 0 Å². The number of hydrogen-bond donors (Lipinski definition) is 4. The summed E-state index contributed by atoms with van der Waals surface area (Å²) in [6.07, 6.45) is 1.77. The minimum Gasteiger partial charge on any atom is -0.508 e. The third-order valence-electron chi connectivity index (χ3n) is 4.53. The number of aliphatic carboxylic acids is 1. The van der Waals surface area contributed by atoms with Gasteiger partial charge in [0.15, 0.2) is 0 Å². The van der Waals surface area contributed by atoms with Gasteiger partial charge in [0.1, 0.15) is 11.5 Å². The molecule has 0 aliphatic heterocycles. The third kappa shape index (κ3) is 7.98. The highest BCUT2D eigenvalue weighted by molar-refractivity contribution is 5.66. The molecule has 2 aromatic rings. The number of carboxylic acid groups (broad SMARTS) is 1. The van der Waals surface area contributed by atoms with Gasteiger partial charge in [0.2, 0.25) is 0 Å². The molecule has 0 aliphatic carbocycles. The lowest BCUT2D eigenvalue weighted by Gasteiger charge is -2.18. The number of rotatable bonds is 12. The van der Waals surface area contributed by atoms with Crippen LogP contribution >= 0.6 is 0 Å². The number of carbonyl (C=O) groups is 1. The van der Waals surface area contributed by atoms with Gasteiger partial charge in [0.05, 0.1) is 12.7 Å². The fourth-order valence-electron chi connectivity index (χ4n) is 2.78. The second-order valence-electron chi connectivity index (χ2n) is 6.95. The van der Waals surface area contributed by atoms with Crippen LogP contribution in [0.2, 0.25) is 0 Å². The summed E-state index contributed by atoms with van der Waals surface area (Å²) < 4.78 is 5.49. The fraction of sp³-hybridized carbons (Fsp3) is 0.409. The van der Waals surface area contributed by atoms with Gasteiger partial charge in [0, 0.05) is 19.0 Å². The lowest BCUT2D eigenvalue weighted by atomic mass is 10.1. The molecule has 0 spiro atoms. The van der Waals surface area contributed by atoms with Crippen molar-refractivity contribution in [1.29, 1.82) is 0 Å². The van der Waals surface area contributed by atoms with E-state index in [2.05, 4.69) is 12.2 Å². The summed E-state index contributed by atoms with van der Waals surface area (Å²) in [6.45, 7) is 2.89. The van der Waals surface area contributed by atoms with Crippen molar-refractivity contribution in [2.24, 2.45) is 0 Å². The van der Waals surface area contributed by atoms with Crippen LogP contribution in [0.25, 0.3) is 0 Å². The van der Waals surface area contributed by atoms with E-state index in [0.717, 1.165) is 18.4 Å². The summed E-state index contributed by atoms with van der Waals surface area (Å²) in [5.41, 5.74) is 1.97. The zero-order valence-corrected chi connectivity index (χ0v) is 16.2. The molecule has 0 aromatic heterocycles. The minimum absolute atomic E-state index is 0.0907. The van der Waals surface area contributed by atoms with E-state index in [4.69, 9.17) is 9.84 Å². The predicted octanol–water partition coefficient (Wildman–Crippen LogP) is 3.28. The lowest BCUT2D eigenvalue weighted by Crippen LogP contribution is -2.30. The minimum atomic E-state index is -0.827. The van der Waals surface area contributed by atoms with Crippen LogP contribution in [0.1, 0.15) is 43.4 Å². The maximum absolute atomic E-state index is 10.5. The number of ether oxygens (including phenoxy) is 1. The van der Waals surface area contributed by atoms with Crippen molar-refractivity contribution in [3.05, 3.63) is 59.7 Å². The first-order valence-electron chi connectivity index (χ1n) is 9.58. The Hall–Kier alpha value is -2.57. The summed E-state index contributed by atoms with van der Waals surface area (Å²) in [6, 6.07) is 14.7. The summed E-state index contributed by atoms with van der Waals surface area (Å²) in [7, 11) is 0. The topological polar surface area (TPSA) is 99.0 Å². The van der Waals surface area contributed by atoms with Crippen molar-refractivity contribution in [3.8, 4) is 11.5 Å². The van der Waals surface area contributed by atoms with Gasteiger partial charge < -0.3 is 25.4 Å². The summed E-state index contributed by atoms with van der Waals surface area (Å²) in [5, 5.41) is 31.6. The molecule has 0 radical (unpaired) electrons. The summed E-state index contributed by atoms with van der Waals surface area (Å²) in [4.78, 5) is 10.5. The van der Waals surface area contributed by atoms with Gasteiger partial charge in [-0.2, -0.15) is 0 Å². The number of phenols is 1. The molecule has 2 aromatic carbocycles. The van der Waals surface area contributed by atoms with E-state index in [1.165, 1.54) is 5.56 Å². The van der Waals surface area contributed by atoms with E-state index in [1.54, 1.807) is 24.3 Å². The van der Waals surface area contributed by atoms with Crippen LogP contribution in [0.4, 0.5) is 0 Å². The second-order valence-corrected chi connectivity index (χ2v) is 6.95. The quantitative estimate of drug-likeness (QED) is 0.417. The molecule has 6 nitrogen and oxygen atoms in total. The van der Waals surface area contributed by atoms with Gasteiger partial charge in [-0.05, 0) is 61.6 Å². The number of aryl methyl sites for hydroxylation is 1. The Labute approximate surface area is 165 Å². The van der Waals surface area contributed by atoms with Crippen molar-refractivity contribution < 1.29 is 24.9 Å². The largest absolute Gasteiger partial charge is 0.508 e. The molecule has 2 unspecified atom stereocenters. The Morgan fingerprint density at radius 3 is 2.43 bits per heavy atom. The molecule has 0 amide bonds. The Bertz CT molecular complexity index is 715. The van der Waals surface area contributed by atoms with Crippen molar-refractivity contribution >= 4 is 5.97 Å². The van der Waals surface area contributed by atoms with E-state index in [9.17, 15) is 15.0 Å². The molecule has 0 bridgehead atoms. The van der Waals surface area contributed by atoms with E-state index >= 15 is 0 Å². The van der Waals surface area contributed by atoms with Crippen LogP contribution in [-0.4, -0.2) is 40.5 Å². The number of aromatic hydroxyl groups is 1. The van der Waals surface area contributed by atoms with Crippen molar-refractivity contribution in [2.45, 2.75) is 44.8 Å². The number of benzene rings is 2. The second kappa shape index (κ2) is 11.3. The number of nitrogens with one attached hydrogen (secondary N) is 1. The first-order chi connectivity index (χ1) is 13.4. The molecule has 2 rings (SSSR count). The fourth-order valence-corrected chi connectivity index (χ4v) is 2.78. The SMILES string of the molecule is CC(CCc1ccc(O)cc1)NCC(O)c1ccc(OCCCC(=O)O)cc1. The Kier molecular flexibility index (Phi) is 8.78. The molecule has 0 aliphatic rings. The molecule has 0 fully saturated rings. The zero-order valence-electron chi connectivity index (χ0n) is 16.2.